The molecule has 0 radical (unpaired) electrons. The predicted molar refractivity (Wildman–Crippen MR) is 105 cm³/mol. The number of phenols is 1. The fourth-order valence-electron chi connectivity index (χ4n) is 3.86. The van der Waals surface area contributed by atoms with E-state index >= 15 is 0 Å². The Morgan fingerprint density at radius 1 is 1.19 bits per heavy atom. The lowest BCUT2D eigenvalue weighted by atomic mass is 9.75. The summed E-state index contributed by atoms with van der Waals surface area (Å²) in [5, 5.41) is 9.86. The average molecular weight is 426 g/mol. The van der Waals surface area contributed by atoms with Crippen LogP contribution in [0.4, 0.5) is 0 Å². The molecule has 1 unspecified atom stereocenters. The SMILES string of the molecule is COC(=O)C1C(C)=NC2=C(C(=O)c3ccccc32)[C@@H]1c1ccc(O)c(Br)c1. The number of ketones is 1. The summed E-state index contributed by atoms with van der Waals surface area (Å²) in [6.45, 7) is 1.78. The summed E-state index contributed by atoms with van der Waals surface area (Å²) >= 11 is 3.32. The number of hydrogen-bond donors (Lipinski definition) is 1. The van der Waals surface area contributed by atoms with Gasteiger partial charge >= 0.3 is 5.97 Å². The molecule has 1 aliphatic heterocycles. The van der Waals surface area contributed by atoms with Crippen LogP contribution in [-0.4, -0.2) is 29.7 Å². The predicted octanol–water partition coefficient (Wildman–Crippen LogP) is 4.11. The number of carbonyl (C=O) groups excluding carboxylic acids is 2. The maximum Gasteiger partial charge on any atom is 0.315 e. The highest BCUT2D eigenvalue weighted by molar-refractivity contribution is 9.10. The molecule has 0 saturated carbocycles. The zero-order valence-electron chi connectivity index (χ0n) is 14.7. The number of methoxy groups -OCH3 is 1. The van der Waals surface area contributed by atoms with E-state index in [2.05, 4.69) is 20.9 Å². The Morgan fingerprint density at radius 2 is 1.89 bits per heavy atom. The maximum atomic E-state index is 13.2. The number of hydrogen-bond acceptors (Lipinski definition) is 5. The second-order valence-corrected chi connectivity index (χ2v) is 7.43. The molecule has 0 fully saturated rings. The zero-order valence-corrected chi connectivity index (χ0v) is 16.3. The molecule has 0 amide bonds. The van der Waals surface area contributed by atoms with Crippen LogP contribution in [0.3, 0.4) is 0 Å². The largest absolute Gasteiger partial charge is 0.507 e. The van der Waals surface area contributed by atoms with Crippen molar-refractivity contribution in [1.82, 2.24) is 0 Å². The highest BCUT2D eigenvalue weighted by atomic mass is 79.9. The van der Waals surface area contributed by atoms with Gasteiger partial charge < -0.3 is 9.84 Å². The van der Waals surface area contributed by atoms with E-state index in [1.807, 2.05) is 18.2 Å². The number of esters is 1. The first-order valence-electron chi connectivity index (χ1n) is 8.43. The Bertz CT molecular complexity index is 1050. The number of halogens is 1. The average Bonchev–Trinajstić information content (AvgIpc) is 2.95. The Labute approximate surface area is 164 Å². The lowest BCUT2D eigenvalue weighted by molar-refractivity contribution is -0.143. The summed E-state index contributed by atoms with van der Waals surface area (Å²) in [4.78, 5) is 30.4. The van der Waals surface area contributed by atoms with E-state index in [4.69, 9.17) is 4.74 Å². The van der Waals surface area contributed by atoms with Gasteiger partial charge in [-0.2, -0.15) is 0 Å². The minimum Gasteiger partial charge on any atom is -0.507 e. The highest BCUT2D eigenvalue weighted by Gasteiger charge is 2.45. The number of ether oxygens (including phenoxy) is 1. The van der Waals surface area contributed by atoms with Crippen LogP contribution in [0.2, 0.25) is 0 Å². The van der Waals surface area contributed by atoms with Crippen molar-refractivity contribution in [2.24, 2.45) is 10.9 Å². The van der Waals surface area contributed by atoms with E-state index in [1.54, 1.807) is 31.2 Å². The van der Waals surface area contributed by atoms with Gasteiger partial charge in [0.25, 0.3) is 0 Å². The first kappa shape index (κ1) is 17.7. The number of rotatable bonds is 2. The number of nitrogens with zero attached hydrogens (tertiary/aromatic N) is 1. The van der Waals surface area contributed by atoms with Gasteiger partial charge in [-0.3, -0.25) is 14.6 Å². The summed E-state index contributed by atoms with van der Waals surface area (Å²) in [5.41, 5.74) is 3.81. The van der Waals surface area contributed by atoms with Crippen LogP contribution in [0.15, 0.2) is 57.5 Å². The van der Waals surface area contributed by atoms with E-state index < -0.39 is 17.8 Å². The molecule has 2 aromatic rings. The van der Waals surface area contributed by atoms with Crippen LogP contribution in [0.1, 0.15) is 34.3 Å². The van der Waals surface area contributed by atoms with Gasteiger partial charge in [-0.25, -0.2) is 0 Å². The molecule has 1 heterocycles. The summed E-state index contributed by atoms with van der Waals surface area (Å²) in [5.74, 6) is -1.73. The van der Waals surface area contributed by atoms with Crippen molar-refractivity contribution in [3.63, 3.8) is 0 Å². The molecule has 1 aliphatic carbocycles. The van der Waals surface area contributed by atoms with Gasteiger partial charge in [-0.1, -0.05) is 30.3 Å². The maximum absolute atomic E-state index is 13.2. The van der Waals surface area contributed by atoms with Gasteiger partial charge in [-0.15, -0.1) is 0 Å². The van der Waals surface area contributed by atoms with Gasteiger partial charge in [0, 0.05) is 28.3 Å². The topological polar surface area (TPSA) is 76.0 Å². The minimum absolute atomic E-state index is 0.0878. The molecule has 4 rings (SSSR count). The number of phenolic OH excluding ortho intramolecular Hbond substituents is 1. The third-order valence-corrected chi connectivity index (χ3v) is 5.73. The fraction of sp³-hybridized carbons (Fsp3) is 0.190. The molecule has 6 heteroatoms. The summed E-state index contributed by atoms with van der Waals surface area (Å²) < 4.78 is 5.51. The zero-order chi connectivity index (χ0) is 19.3. The molecule has 2 atom stereocenters. The van der Waals surface area contributed by atoms with Gasteiger partial charge in [0.15, 0.2) is 5.78 Å². The van der Waals surface area contributed by atoms with Gasteiger partial charge in [0.1, 0.15) is 11.7 Å². The number of carbonyl (C=O) groups is 2. The van der Waals surface area contributed by atoms with Gasteiger partial charge in [-0.05, 0) is 40.5 Å². The summed E-state index contributed by atoms with van der Waals surface area (Å²) in [6.07, 6.45) is 0. The number of Topliss-reactive ketones (excluding diaryl/α,β-unsaturated/α-hetero) is 1. The molecule has 0 aromatic heterocycles. The van der Waals surface area contributed by atoms with Crippen LogP contribution in [-0.2, 0) is 9.53 Å². The van der Waals surface area contributed by atoms with E-state index in [0.29, 0.717) is 27.0 Å². The minimum atomic E-state index is -0.705. The van der Waals surface area contributed by atoms with Crippen LogP contribution in [0, 0.1) is 5.92 Å². The number of aliphatic imine (C=N–C) groups is 1. The van der Waals surface area contributed by atoms with Gasteiger partial charge in [0.2, 0.25) is 0 Å². The summed E-state index contributed by atoms with van der Waals surface area (Å²) in [6, 6.07) is 12.3. The molecule has 2 aromatic carbocycles. The molecule has 27 heavy (non-hydrogen) atoms. The molecule has 136 valence electrons. The first-order chi connectivity index (χ1) is 12.9. The van der Waals surface area contributed by atoms with Crippen LogP contribution < -0.4 is 0 Å². The summed E-state index contributed by atoms with van der Waals surface area (Å²) in [7, 11) is 1.33. The molecule has 0 saturated heterocycles. The van der Waals surface area contributed by atoms with E-state index in [-0.39, 0.29) is 11.5 Å². The van der Waals surface area contributed by atoms with Crippen molar-refractivity contribution in [3.05, 3.63) is 69.2 Å². The Hall–Kier alpha value is -2.73. The third-order valence-electron chi connectivity index (χ3n) is 5.10. The van der Waals surface area contributed by atoms with Crippen molar-refractivity contribution < 1.29 is 19.4 Å². The number of aromatic hydroxyl groups is 1. The van der Waals surface area contributed by atoms with E-state index in [1.165, 1.54) is 7.11 Å². The van der Waals surface area contributed by atoms with Crippen LogP contribution >= 0.6 is 15.9 Å². The van der Waals surface area contributed by atoms with E-state index in [9.17, 15) is 14.7 Å². The second-order valence-electron chi connectivity index (χ2n) is 6.58. The standard InChI is InChI=1S/C21H16BrNO4/c1-10-16(21(26)27-2)17(11-7-8-15(24)14(22)9-11)18-19(23-10)12-5-3-4-6-13(12)20(18)25/h3-9,16-17,24H,1-2H3/t16?,17-/m1/s1. The molecule has 5 nitrogen and oxygen atoms in total. The molecule has 0 spiro atoms. The van der Waals surface area contributed by atoms with Crippen molar-refractivity contribution in [2.75, 3.05) is 7.11 Å². The number of allylic oxidation sites excluding steroid dienone is 1. The normalized spacial score (nSPS) is 20.9. The number of fused-ring (bicyclic) bond motifs is 2. The van der Waals surface area contributed by atoms with E-state index in [0.717, 1.165) is 11.1 Å². The van der Waals surface area contributed by atoms with Crippen molar-refractivity contribution >= 4 is 39.1 Å². The molecular formula is C21H16BrNO4. The Balaban J connectivity index is 1.97. The highest BCUT2D eigenvalue weighted by Crippen LogP contribution is 2.48. The second kappa shape index (κ2) is 6.46. The van der Waals surface area contributed by atoms with Crippen molar-refractivity contribution in [3.8, 4) is 5.75 Å². The molecule has 2 aliphatic rings. The lowest BCUT2D eigenvalue weighted by Crippen LogP contribution is -2.34. The first-order valence-corrected chi connectivity index (χ1v) is 9.23. The molecule has 1 N–H and O–H groups in total. The van der Waals surface area contributed by atoms with Crippen LogP contribution in [0.5, 0.6) is 5.75 Å². The lowest BCUT2D eigenvalue weighted by Gasteiger charge is -2.30. The van der Waals surface area contributed by atoms with Crippen molar-refractivity contribution in [1.29, 1.82) is 0 Å². The molecular weight excluding hydrogens is 410 g/mol. The number of benzene rings is 2. The monoisotopic (exact) mass is 425 g/mol. The Kier molecular flexibility index (Phi) is 4.23. The fourth-order valence-corrected chi connectivity index (χ4v) is 4.25. The van der Waals surface area contributed by atoms with Crippen LogP contribution in [0.25, 0.3) is 5.70 Å². The van der Waals surface area contributed by atoms with Crippen molar-refractivity contribution in [2.45, 2.75) is 12.8 Å². The smallest absolute Gasteiger partial charge is 0.315 e. The molecule has 0 bridgehead atoms. The quantitative estimate of drug-likeness (QED) is 0.734. The van der Waals surface area contributed by atoms with Gasteiger partial charge in [0.05, 0.1) is 17.3 Å². The Morgan fingerprint density at radius 3 is 2.56 bits per heavy atom. The third kappa shape index (κ3) is 2.63.